The molecule has 0 aliphatic carbocycles. The third kappa shape index (κ3) is 32.9. The van der Waals surface area contributed by atoms with E-state index in [1.807, 2.05) is 0 Å². The smallest absolute Gasteiger partial charge is 0.306 e. The lowest BCUT2D eigenvalue weighted by atomic mass is 10.00. The van der Waals surface area contributed by atoms with Crippen LogP contribution in [0, 0.1) is 0 Å². The average molecular weight is 897 g/mol. The molecule has 6 atom stereocenters. The van der Waals surface area contributed by atoms with Crippen molar-refractivity contribution in [3.05, 3.63) is 60.8 Å². The van der Waals surface area contributed by atoms with Crippen LogP contribution >= 0.6 is 0 Å². The molecule has 1 heterocycles. The molecule has 358 valence electrons. The third-order valence-corrected chi connectivity index (χ3v) is 11.3. The molecule has 1 rings (SSSR count). The second kappa shape index (κ2) is 38.8. The van der Waals surface area contributed by atoms with Crippen LogP contribution in [0.5, 0.6) is 0 Å². The van der Waals surface area contributed by atoms with Crippen molar-refractivity contribution >= 4 is 22.1 Å². The summed E-state index contributed by atoms with van der Waals surface area (Å²) in [6, 6.07) is 0. The van der Waals surface area contributed by atoms with E-state index in [0.29, 0.717) is 12.8 Å². The van der Waals surface area contributed by atoms with E-state index in [1.165, 1.54) is 70.6 Å². The highest BCUT2D eigenvalue weighted by atomic mass is 32.2. The first-order valence-electron chi connectivity index (χ1n) is 23.8. The van der Waals surface area contributed by atoms with Gasteiger partial charge in [-0.2, -0.15) is 8.42 Å². The van der Waals surface area contributed by atoms with Crippen LogP contribution in [0.1, 0.15) is 181 Å². The quantitative estimate of drug-likeness (QED) is 0.0198. The Labute approximate surface area is 375 Å². The molecule has 0 spiro atoms. The summed E-state index contributed by atoms with van der Waals surface area (Å²) in [4.78, 5) is 25.4. The standard InChI is InChI=1S/C49H84O12S/c1-3-5-7-9-11-13-15-17-19-21-23-25-27-29-31-33-35-37-44(50)58-39-42(40-59-49-48(54)47(53)46(52)43(61-49)41-62(55,56)57)60-45(51)38-36-34-32-30-28-26-24-22-20-18-16-14-12-10-8-6-4-2/h7,9,13-16,19,21,25,27,42-43,46-49,52-54H,3-6,8,10-12,17-18,20,22-24,26,28-41H2,1-2H3,(H,55,56,57)/b9-7+,15-13+,16-14+,21-19+,27-25+/t42-,43-,46-,47?,48?,49+/m1/s1. The van der Waals surface area contributed by atoms with Crippen LogP contribution < -0.4 is 0 Å². The number of ether oxygens (including phenoxy) is 4. The van der Waals surface area contributed by atoms with Crippen molar-refractivity contribution in [2.75, 3.05) is 19.0 Å². The average Bonchev–Trinajstić information content (AvgIpc) is 3.24. The molecule has 1 aliphatic heterocycles. The Hall–Kier alpha value is -2.65. The van der Waals surface area contributed by atoms with Gasteiger partial charge in [0.05, 0.1) is 6.61 Å². The lowest BCUT2D eigenvalue weighted by Gasteiger charge is -2.40. The normalized spacial score (nSPS) is 20.4. The monoisotopic (exact) mass is 897 g/mol. The number of aliphatic hydroxyl groups is 3. The van der Waals surface area contributed by atoms with Gasteiger partial charge in [-0.25, -0.2) is 0 Å². The van der Waals surface area contributed by atoms with E-state index in [9.17, 15) is 37.9 Å². The van der Waals surface area contributed by atoms with Crippen molar-refractivity contribution in [1.82, 2.24) is 0 Å². The second-order valence-electron chi connectivity index (χ2n) is 16.4. The summed E-state index contributed by atoms with van der Waals surface area (Å²) in [5, 5.41) is 30.9. The Morgan fingerprint density at radius 3 is 1.53 bits per heavy atom. The van der Waals surface area contributed by atoms with Crippen LogP contribution in [0.2, 0.25) is 0 Å². The predicted molar refractivity (Wildman–Crippen MR) is 247 cm³/mol. The lowest BCUT2D eigenvalue weighted by molar-refractivity contribution is -0.297. The molecule has 1 aliphatic rings. The van der Waals surface area contributed by atoms with Gasteiger partial charge < -0.3 is 34.3 Å². The lowest BCUT2D eigenvalue weighted by Crippen LogP contribution is -2.60. The molecule has 13 heteroatoms. The van der Waals surface area contributed by atoms with Gasteiger partial charge in [0.2, 0.25) is 0 Å². The van der Waals surface area contributed by atoms with Crippen molar-refractivity contribution in [2.45, 2.75) is 218 Å². The maximum absolute atomic E-state index is 12.8. The number of allylic oxidation sites excluding steroid dienone is 10. The van der Waals surface area contributed by atoms with Gasteiger partial charge in [-0.1, -0.05) is 152 Å². The first-order valence-corrected chi connectivity index (χ1v) is 25.5. The van der Waals surface area contributed by atoms with Crippen molar-refractivity contribution < 1.29 is 56.8 Å². The van der Waals surface area contributed by atoms with Crippen LogP contribution in [-0.2, 0) is 38.7 Å². The largest absolute Gasteiger partial charge is 0.462 e. The summed E-state index contributed by atoms with van der Waals surface area (Å²) in [6.45, 7) is 3.65. The van der Waals surface area contributed by atoms with Crippen LogP contribution in [0.15, 0.2) is 60.8 Å². The van der Waals surface area contributed by atoms with Gasteiger partial charge in [0.1, 0.15) is 36.8 Å². The summed E-state index contributed by atoms with van der Waals surface area (Å²) in [7, 11) is -4.61. The number of unbranched alkanes of at least 4 members (excludes halogenated alkanes) is 17. The molecule has 0 aromatic heterocycles. The molecular formula is C49H84O12S. The Bertz CT molecular complexity index is 1370. The molecule has 0 aromatic rings. The van der Waals surface area contributed by atoms with Crippen LogP contribution in [0.25, 0.3) is 0 Å². The first kappa shape index (κ1) is 57.4. The number of hydrogen-bond donors (Lipinski definition) is 4. The molecule has 1 fully saturated rings. The summed E-state index contributed by atoms with van der Waals surface area (Å²) in [5.41, 5.74) is 0. The predicted octanol–water partition coefficient (Wildman–Crippen LogP) is 10.1. The minimum Gasteiger partial charge on any atom is -0.462 e. The van der Waals surface area contributed by atoms with Gasteiger partial charge in [-0.3, -0.25) is 14.1 Å². The fourth-order valence-electron chi connectivity index (χ4n) is 6.84. The Morgan fingerprint density at radius 1 is 0.548 bits per heavy atom. The topological polar surface area (TPSA) is 186 Å². The van der Waals surface area contributed by atoms with E-state index in [4.69, 9.17) is 18.9 Å². The third-order valence-electron chi connectivity index (χ3n) is 10.6. The molecule has 62 heavy (non-hydrogen) atoms. The number of esters is 2. The van der Waals surface area contributed by atoms with Crippen LogP contribution in [0.3, 0.4) is 0 Å². The number of aliphatic hydroxyl groups excluding tert-OH is 3. The number of rotatable bonds is 39. The molecule has 0 aromatic carbocycles. The van der Waals surface area contributed by atoms with Gasteiger partial charge in [0, 0.05) is 12.8 Å². The Balaban J connectivity index is 2.45. The molecule has 0 radical (unpaired) electrons. The van der Waals surface area contributed by atoms with Crippen molar-refractivity contribution in [2.24, 2.45) is 0 Å². The highest BCUT2D eigenvalue weighted by Gasteiger charge is 2.46. The zero-order chi connectivity index (χ0) is 45.5. The minimum absolute atomic E-state index is 0.153. The fraction of sp³-hybridized carbons (Fsp3) is 0.755. The zero-order valence-corrected chi connectivity index (χ0v) is 39.0. The van der Waals surface area contributed by atoms with E-state index >= 15 is 0 Å². The highest BCUT2D eigenvalue weighted by Crippen LogP contribution is 2.24. The van der Waals surface area contributed by atoms with Gasteiger partial charge >= 0.3 is 11.9 Å². The molecule has 0 saturated carbocycles. The fourth-order valence-corrected chi connectivity index (χ4v) is 7.53. The molecule has 1 saturated heterocycles. The van der Waals surface area contributed by atoms with Crippen molar-refractivity contribution in [3.63, 3.8) is 0 Å². The zero-order valence-electron chi connectivity index (χ0n) is 38.2. The number of carbonyl (C=O) groups excluding carboxylic acids is 2. The Kier molecular flexibility index (Phi) is 35.9. The summed E-state index contributed by atoms with van der Waals surface area (Å²) in [6.07, 6.45) is 38.3. The van der Waals surface area contributed by atoms with Crippen molar-refractivity contribution in [1.29, 1.82) is 0 Å². The molecule has 2 unspecified atom stereocenters. The van der Waals surface area contributed by atoms with E-state index in [-0.39, 0.29) is 19.4 Å². The molecule has 0 bridgehead atoms. The van der Waals surface area contributed by atoms with E-state index in [2.05, 4.69) is 74.6 Å². The summed E-state index contributed by atoms with van der Waals surface area (Å²) in [5.74, 6) is -2.03. The van der Waals surface area contributed by atoms with Crippen molar-refractivity contribution in [3.8, 4) is 0 Å². The van der Waals surface area contributed by atoms with Gasteiger partial charge in [0.25, 0.3) is 10.1 Å². The van der Waals surface area contributed by atoms with Gasteiger partial charge in [0.15, 0.2) is 12.4 Å². The maximum Gasteiger partial charge on any atom is 0.306 e. The first-order chi connectivity index (χ1) is 30.0. The second-order valence-corrected chi connectivity index (χ2v) is 17.9. The highest BCUT2D eigenvalue weighted by molar-refractivity contribution is 7.85. The summed E-state index contributed by atoms with van der Waals surface area (Å²) < 4.78 is 54.1. The van der Waals surface area contributed by atoms with E-state index in [1.54, 1.807) is 0 Å². The number of hydrogen-bond acceptors (Lipinski definition) is 11. The molecular weight excluding hydrogens is 813 g/mol. The van der Waals surface area contributed by atoms with Gasteiger partial charge in [-0.15, -0.1) is 0 Å². The van der Waals surface area contributed by atoms with Gasteiger partial charge in [-0.05, 0) is 77.0 Å². The molecule has 0 amide bonds. The Morgan fingerprint density at radius 2 is 1.00 bits per heavy atom. The van der Waals surface area contributed by atoms with E-state index in [0.717, 1.165) is 70.6 Å². The van der Waals surface area contributed by atoms with Crippen LogP contribution in [0.4, 0.5) is 0 Å². The van der Waals surface area contributed by atoms with Crippen LogP contribution in [-0.4, -0.2) is 96.0 Å². The number of carbonyl (C=O) groups is 2. The molecule has 4 N–H and O–H groups in total. The maximum atomic E-state index is 12.8. The minimum atomic E-state index is -4.61. The SMILES string of the molecule is CCC/C=C/C/C=C/C/C=C/C/C=C/CCCCCC(=O)OC[C@H](CO[C@H]1O[C@H](CS(=O)(=O)O)[C@@H](O)C(O)C1O)OC(=O)CCCCCCCCCCC/C=C/CCCCCC. The van der Waals surface area contributed by atoms with E-state index < -0.39 is 71.2 Å². The summed E-state index contributed by atoms with van der Waals surface area (Å²) >= 11 is 0. The molecule has 12 nitrogen and oxygen atoms in total.